The molecule has 1 aliphatic heterocycles. The second kappa shape index (κ2) is 4.23. The van der Waals surface area contributed by atoms with Crippen LogP contribution < -0.4 is 4.74 Å². The molecule has 2 atom stereocenters. The third kappa shape index (κ3) is 2.72. The molecule has 0 spiro atoms. The van der Waals surface area contributed by atoms with Crippen LogP contribution in [0.4, 0.5) is 0 Å². The van der Waals surface area contributed by atoms with E-state index >= 15 is 0 Å². The predicted octanol–water partition coefficient (Wildman–Crippen LogP) is 2.47. The Kier molecular flexibility index (Phi) is 2.96. The van der Waals surface area contributed by atoms with Crippen LogP contribution in [0.25, 0.3) is 0 Å². The van der Waals surface area contributed by atoms with E-state index in [0.29, 0.717) is 12.1 Å². The van der Waals surface area contributed by atoms with Crippen LogP contribution in [0.5, 0.6) is 5.75 Å². The number of hydrogen-bond donors (Lipinski definition) is 0. The van der Waals surface area contributed by atoms with Crippen molar-refractivity contribution >= 4 is 0 Å². The summed E-state index contributed by atoms with van der Waals surface area (Å²) in [6.45, 7) is 8.55. The van der Waals surface area contributed by atoms with Crippen LogP contribution in [-0.2, 0) is 0 Å². The first-order valence-corrected chi connectivity index (χ1v) is 5.62. The van der Waals surface area contributed by atoms with Crippen molar-refractivity contribution in [2.24, 2.45) is 0 Å². The van der Waals surface area contributed by atoms with E-state index in [-0.39, 0.29) is 0 Å². The maximum Gasteiger partial charge on any atom is 0.119 e. The summed E-state index contributed by atoms with van der Waals surface area (Å²) in [4.78, 5) is 2.44. The lowest BCUT2D eigenvalue weighted by Gasteiger charge is -2.09. The molecule has 1 fully saturated rings. The van der Waals surface area contributed by atoms with Gasteiger partial charge in [0.25, 0.3) is 0 Å². The molecule has 0 bridgehead atoms. The lowest BCUT2D eigenvalue weighted by atomic mass is 10.2. The second-order valence-corrected chi connectivity index (χ2v) is 4.57. The zero-order valence-electron chi connectivity index (χ0n) is 9.73. The Bertz CT molecular complexity index is 335. The summed E-state index contributed by atoms with van der Waals surface area (Å²) in [7, 11) is 0. The molecule has 0 N–H and O–H groups in total. The lowest BCUT2D eigenvalue weighted by molar-refractivity contribution is 0.282. The Morgan fingerprint density at radius 3 is 2.87 bits per heavy atom. The fraction of sp³-hybridized carbons (Fsp3) is 0.538. The zero-order valence-corrected chi connectivity index (χ0v) is 9.73. The molecule has 2 rings (SSSR count). The molecule has 1 aromatic carbocycles. The van der Waals surface area contributed by atoms with Crippen molar-refractivity contribution in [2.45, 2.75) is 32.9 Å². The molecule has 1 heterocycles. The second-order valence-electron chi connectivity index (χ2n) is 4.57. The monoisotopic (exact) mass is 205 g/mol. The van der Waals surface area contributed by atoms with E-state index in [4.69, 9.17) is 4.74 Å². The van der Waals surface area contributed by atoms with Gasteiger partial charge in [-0.05, 0) is 38.5 Å². The normalized spacial score (nSPS) is 24.3. The lowest BCUT2D eigenvalue weighted by Crippen LogP contribution is -2.16. The topological polar surface area (TPSA) is 12.2 Å². The van der Waals surface area contributed by atoms with Crippen LogP contribution in [0.3, 0.4) is 0 Å². The smallest absolute Gasteiger partial charge is 0.119 e. The van der Waals surface area contributed by atoms with E-state index in [9.17, 15) is 0 Å². The summed E-state index contributed by atoms with van der Waals surface area (Å²) in [5.41, 5.74) is 1.25. The van der Waals surface area contributed by atoms with Crippen molar-refractivity contribution < 1.29 is 4.74 Å². The molecule has 1 aromatic rings. The first-order chi connectivity index (χ1) is 7.16. The van der Waals surface area contributed by atoms with Gasteiger partial charge in [-0.3, -0.25) is 4.90 Å². The van der Waals surface area contributed by atoms with Crippen LogP contribution in [0.2, 0.25) is 0 Å². The summed E-state index contributed by atoms with van der Waals surface area (Å²) < 4.78 is 5.75. The Hall–Kier alpha value is -1.02. The molecule has 15 heavy (non-hydrogen) atoms. The highest BCUT2D eigenvalue weighted by molar-refractivity contribution is 5.27. The number of rotatable bonds is 4. The third-order valence-corrected chi connectivity index (χ3v) is 2.85. The van der Waals surface area contributed by atoms with Crippen LogP contribution in [0.15, 0.2) is 24.3 Å². The highest BCUT2D eigenvalue weighted by Gasteiger charge is 2.36. The number of aryl methyl sites for hydroxylation is 1. The Balaban J connectivity index is 1.80. The summed E-state index contributed by atoms with van der Waals surface area (Å²) >= 11 is 0. The average molecular weight is 205 g/mol. The molecule has 0 radical (unpaired) electrons. The molecule has 0 aliphatic carbocycles. The van der Waals surface area contributed by atoms with Gasteiger partial charge < -0.3 is 4.74 Å². The fourth-order valence-electron chi connectivity index (χ4n) is 1.87. The van der Waals surface area contributed by atoms with Gasteiger partial charge in [0.1, 0.15) is 12.4 Å². The van der Waals surface area contributed by atoms with E-state index < -0.39 is 0 Å². The summed E-state index contributed by atoms with van der Waals surface area (Å²) in [6.07, 6.45) is 0. The molecule has 82 valence electrons. The van der Waals surface area contributed by atoms with Crippen molar-refractivity contribution in [2.75, 3.05) is 13.2 Å². The Morgan fingerprint density at radius 1 is 1.47 bits per heavy atom. The van der Waals surface area contributed by atoms with E-state index in [1.54, 1.807) is 0 Å². The van der Waals surface area contributed by atoms with Crippen LogP contribution >= 0.6 is 0 Å². The largest absolute Gasteiger partial charge is 0.492 e. The SMILES string of the molecule is Cc1cccc(OC[C@H]2CN2C(C)C)c1. The number of hydrogen-bond acceptors (Lipinski definition) is 2. The van der Waals surface area contributed by atoms with Gasteiger partial charge in [-0.1, -0.05) is 12.1 Å². The van der Waals surface area contributed by atoms with Gasteiger partial charge in [0.05, 0.1) is 6.04 Å². The van der Waals surface area contributed by atoms with Gasteiger partial charge in [0.15, 0.2) is 0 Å². The number of benzene rings is 1. The van der Waals surface area contributed by atoms with E-state index in [1.807, 2.05) is 12.1 Å². The highest BCUT2D eigenvalue weighted by atomic mass is 16.5. The summed E-state index contributed by atoms with van der Waals surface area (Å²) in [5.74, 6) is 0.991. The van der Waals surface area contributed by atoms with Crippen molar-refractivity contribution in [3.63, 3.8) is 0 Å². The average Bonchev–Trinajstić information content (AvgIpc) is 2.94. The van der Waals surface area contributed by atoms with Gasteiger partial charge in [-0.2, -0.15) is 0 Å². The minimum absolute atomic E-state index is 0.630. The molecular formula is C13H19NO. The van der Waals surface area contributed by atoms with Gasteiger partial charge in [-0.15, -0.1) is 0 Å². The number of ether oxygens (including phenoxy) is 1. The van der Waals surface area contributed by atoms with Crippen LogP contribution in [-0.4, -0.2) is 30.1 Å². The van der Waals surface area contributed by atoms with E-state index in [0.717, 1.165) is 12.4 Å². The van der Waals surface area contributed by atoms with Crippen molar-refractivity contribution in [3.05, 3.63) is 29.8 Å². The van der Waals surface area contributed by atoms with Crippen LogP contribution in [0.1, 0.15) is 19.4 Å². The maximum absolute atomic E-state index is 5.75. The molecule has 1 aliphatic rings. The molecule has 2 heteroatoms. The van der Waals surface area contributed by atoms with Crippen LogP contribution in [0, 0.1) is 6.92 Å². The number of nitrogens with zero attached hydrogens (tertiary/aromatic N) is 1. The van der Waals surface area contributed by atoms with E-state index in [1.165, 1.54) is 12.1 Å². The van der Waals surface area contributed by atoms with E-state index in [2.05, 4.69) is 37.8 Å². The van der Waals surface area contributed by atoms with Gasteiger partial charge in [-0.25, -0.2) is 0 Å². The molecule has 0 amide bonds. The van der Waals surface area contributed by atoms with Gasteiger partial charge >= 0.3 is 0 Å². The highest BCUT2D eigenvalue weighted by Crippen LogP contribution is 2.22. The Labute approximate surface area is 91.9 Å². The van der Waals surface area contributed by atoms with Crippen molar-refractivity contribution in [3.8, 4) is 5.75 Å². The predicted molar refractivity (Wildman–Crippen MR) is 62.3 cm³/mol. The first kappa shape index (κ1) is 10.5. The quantitative estimate of drug-likeness (QED) is 0.700. The summed E-state index contributed by atoms with van der Waals surface area (Å²) in [5, 5.41) is 0. The van der Waals surface area contributed by atoms with Crippen molar-refractivity contribution in [1.29, 1.82) is 0 Å². The molecule has 1 unspecified atom stereocenters. The summed E-state index contributed by atoms with van der Waals surface area (Å²) in [6, 6.07) is 9.51. The van der Waals surface area contributed by atoms with Gasteiger partial charge in [0, 0.05) is 12.6 Å². The van der Waals surface area contributed by atoms with Gasteiger partial charge in [0.2, 0.25) is 0 Å². The molecule has 0 saturated carbocycles. The van der Waals surface area contributed by atoms with Crippen molar-refractivity contribution in [1.82, 2.24) is 4.90 Å². The minimum atomic E-state index is 0.630. The fourth-order valence-corrected chi connectivity index (χ4v) is 1.87. The molecular weight excluding hydrogens is 186 g/mol. The minimum Gasteiger partial charge on any atom is -0.492 e. The molecule has 0 aromatic heterocycles. The zero-order chi connectivity index (χ0) is 10.8. The molecule has 2 nitrogen and oxygen atoms in total. The Morgan fingerprint density at radius 2 is 2.27 bits per heavy atom. The maximum atomic E-state index is 5.75. The molecule has 1 saturated heterocycles. The first-order valence-electron chi connectivity index (χ1n) is 5.62. The standard InChI is InChI=1S/C13H19NO/c1-10(2)14-8-12(14)9-15-13-6-4-5-11(3)7-13/h4-7,10,12H,8-9H2,1-3H3/t12-,14?/m1/s1. The third-order valence-electron chi connectivity index (χ3n) is 2.85.